The Labute approximate surface area is 371 Å². The molecule has 3 saturated carbocycles. The van der Waals surface area contributed by atoms with Crippen molar-refractivity contribution in [1.29, 1.82) is 0 Å². The van der Waals surface area contributed by atoms with E-state index < -0.39 is 146 Å². The molecule has 20 nitrogen and oxygen atoms in total. The molecule has 9 rings (SSSR count). The zero-order valence-electron chi connectivity index (χ0n) is 36.9. The molecule has 0 bridgehead atoms. The number of allylic oxidation sites excluding steroid dienone is 1. The Bertz CT molecular complexity index is 1710. The molecule has 366 valence electrons. The quantitative estimate of drug-likeness (QED) is 0.112. The number of aliphatic hydroxyl groups excluding tert-OH is 12. The van der Waals surface area contributed by atoms with Gasteiger partial charge in [-0.15, -0.1) is 0 Å². The summed E-state index contributed by atoms with van der Waals surface area (Å²) >= 11 is 0. The second kappa shape index (κ2) is 17.4. The molecule has 0 amide bonds. The van der Waals surface area contributed by atoms with Crippen LogP contribution in [0.25, 0.3) is 0 Å². The van der Waals surface area contributed by atoms with Gasteiger partial charge in [-0.1, -0.05) is 39.3 Å². The minimum atomic E-state index is -1.83. The summed E-state index contributed by atoms with van der Waals surface area (Å²) in [5, 5.41) is 132. The summed E-state index contributed by atoms with van der Waals surface area (Å²) in [6, 6.07) is 0. The van der Waals surface area contributed by atoms with Crippen molar-refractivity contribution in [2.75, 3.05) is 19.8 Å². The second-order valence-corrected chi connectivity index (χ2v) is 21.0. The Kier molecular flexibility index (Phi) is 13.1. The van der Waals surface area contributed by atoms with Crippen LogP contribution < -0.4 is 0 Å². The van der Waals surface area contributed by atoms with E-state index in [0.717, 1.165) is 5.57 Å². The van der Waals surface area contributed by atoms with Gasteiger partial charge in [0.05, 0.1) is 56.4 Å². The lowest BCUT2D eigenvalue weighted by Gasteiger charge is -2.62. The lowest BCUT2D eigenvalue weighted by Crippen LogP contribution is -2.67. The van der Waals surface area contributed by atoms with Crippen LogP contribution in [0.1, 0.15) is 66.7 Å². The average Bonchev–Trinajstić information content (AvgIpc) is 3.72. The van der Waals surface area contributed by atoms with Gasteiger partial charge in [0.15, 0.2) is 24.7 Å². The van der Waals surface area contributed by atoms with Crippen LogP contribution in [0.15, 0.2) is 11.6 Å². The molecule has 5 aliphatic heterocycles. The van der Waals surface area contributed by atoms with Crippen molar-refractivity contribution in [3.8, 4) is 0 Å². The van der Waals surface area contributed by atoms with E-state index in [9.17, 15) is 61.3 Å². The first kappa shape index (κ1) is 48.0. The Balaban J connectivity index is 1.03. The first-order valence-corrected chi connectivity index (χ1v) is 23.2. The molecule has 0 radical (unpaired) electrons. The molecule has 5 saturated heterocycles. The predicted molar refractivity (Wildman–Crippen MR) is 214 cm³/mol. The molecule has 64 heavy (non-hydrogen) atoms. The van der Waals surface area contributed by atoms with E-state index in [-0.39, 0.29) is 54.6 Å². The molecule has 1 spiro atoms. The van der Waals surface area contributed by atoms with E-state index in [4.69, 9.17) is 37.9 Å². The van der Waals surface area contributed by atoms with Crippen molar-refractivity contribution in [3.63, 3.8) is 0 Å². The molecule has 20 heteroatoms. The lowest BCUT2D eigenvalue weighted by atomic mass is 9.45. The highest BCUT2D eigenvalue weighted by molar-refractivity contribution is 5.30. The second-order valence-electron chi connectivity index (χ2n) is 21.0. The fourth-order valence-electron chi connectivity index (χ4n) is 13.9. The summed E-state index contributed by atoms with van der Waals surface area (Å²) in [7, 11) is 0. The molecule has 0 aromatic heterocycles. The van der Waals surface area contributed by atoms with Crippen LogP contribution in [0.5, 0.6) is 0 Å². The number of hydrogen-bond donors (Lipinski definition) is 12. The third kappa shape index (κ3) is 7.24. The summed E-state index contributed by atoms with van der Waals surface area (Å²) in [5.41, 5.74) is -0.601. The minimum Gasteiger partial charge on any atom is -0.394 e. The van der Waals surface area contributed by atoms with Crippen molar-refractivity contribution in [2.45, 2.75) is 195 Å². The van der Waals surface area contributed by atoms with Gasteiger partial charge in [0, 0.05) is 35.0 Å². The lowest BCUT2D eigenvalue weighted by molar-refractivity contribution is -0.393. The van der Waals surface area contributed by atoms with E-state index in [2.05, 4.69) is 13.0 Å². The average molecular weight is 919 g/mol. The molecular formula is C44H70O20. The summed E-state index contributed by atoms with van der Waals surface area (Å²) in [4.78, 5) is 0. The molecule has 4 aliphatic carbocycles. The molecule has 29 atom stereocenters. The topological polar surface area (TPSA) is 317 Å². The number of hydrogen-bond acceptors (Lipinski definition) is 20. The Morgan fingerprint density at radius 3 is 2.12 bits per heavy atom. The highest BCUT2D eigenvalue weighted by atomic mass is 16.8. The van der Waals surface area contributed by atoms with Gasteiger partial charge < -0.3 is 99.2 Å². The van der Waals surface area contributed by atoms with Crippen molar-refractivity contribution in [2.24, 2.45) is 46.3 Å². The summed E-state index contributed by atoms with van der Waals surface area (Å²) < 4.78 is 50.0. The number of aliphatic hydroxyl groups is 12. The van der Waals surface area contributed by atoms with Gasteiger partial charge in [-0.25, -0.2) is 0 Å². The largest absolute Gasteiger partial charge is 0.394 e. The Morgan fingerprint density at radius 2 is 1.41 bits per heavy atom. The first-order valence-electron chi connectivity index (χ1n) is 23.2. The van der Waals surface area contributed by atoms with Crippen molar-refractivity contribution < 1.29 is 99.2 Å². The minimum absolute atomic E-state index is 0.00188. The van der Waals surface area contributed by atoms with Gasteiger partial charge in [-0.05, 0) is 50.4 Å². The van der Waals surface area contributed by atoms with E-state index >= 15 is 0 Å². The SMILES string of the molecule is C[C@@H]1CO[C@@]2(O[C@H]3C[C@H]4[C@@H]5CC=C6C[C@@H](O)C[C@@H](O[C@@H]7O[C@H](CO)[C@@H](O)[C@H](O[C@@H]8OC[C@@H](O)[C@H](O)[C@H]8O)[C@H]7O[C@@H]7O[C@@H](C)[C@H](O)[C@@H](O)[C@H]7O)[C@]6(C)[C@H]5C[C@@H](O)[C@]4(C)[C@H]3[C@@H]2C)[C@@H](O)[C@H]1O. The van der Waals surface area contributed by atoms with Crippen LogP contribution in [0, 0.1) is 46.3 Å². The smallest absolute Gasteiger partial charge is 0.200 e. The Hall–Kier alpha value is -1.06. The zero-order chi connectivity index (χ0) is 46.1. The van der Waals surface area contributed by atoms with E-state index in [1.807, 2.05) is 20.8 Å². The number of fused-ring (bicyclic) bond motifs is 7. The normalized spacial score (nSPS) is 59.7. The van der Waals surface area contributed by atoms with Gasteiger partial charge in [0.2, 0.25) is 0 Å². The van der Waals surface area contributed by atoms with Crippen LogP contribution in [0.2, 0.25) is 0 Å². The van der Waals surface area contributed by atoms with Gasteiger partial charge in [-0.2, -0.15) is 0 Å². The molecule has 12 N–H and O–H groups in total. The first-order chi connectivity index (χ1) is 30.2. The molecule has 8 fully saturated rings. The van der Waals surface area contributed by atoms with E-state index in [1.165, 1.54) is 6.92 Å². The third-order valence-electron chi connectivity index (χ3n) is 17.7. The van der Waals surface area contributed by atoms with Crippen LogP contribution in [-0.4, -0.2) is 210 Å². The number of ether oxygens (including phenoxy) is 8. The van der Waals surface area contributed by atoms with Crippen LogP contribution >= 0.6 is 0 Å². The molecular weight excluding hydrogens is 848 g/mol. The van der Waals surface area contributed by atoms with Crippen LogP contribution in [0.4, 0.5) is 0 Å². The van der Waals surface area contributed by atoms with Crippen molar-refractivity contribution in [3.05, 3.63) is 11.6 Å². The zero-order valence-corrected chi connectivity index (χ0v) is 36.9. The maximum Gasteiger partial charge on any atom is 0.200 e. The van der Waals surface area contributed by atoms with Gasteiger partial charge >= 0.3 is 0 Å². The summed E-state index contributed by atoms with van der Waals surface area (Å²) in [6.45, 7) is 8.39. The van der Waals surface area contributed by atoms with Gasteiger partial charge in [0.25, 0.3) is 0 Å². The number of rotatable bonds is 7. The maximum atomic E-state index is 12.5. The fraction of sp³-hybridized carbons (Fsp3) is 0.955. The van der Waals surface area contributed by atoms with Gasteiger partial charge in [0.1, 0.15) is 67.1 Å². The highest BCUT2D eigenvalue weighted by Gasteiger charge is 2.74. The van der Waals surface area contributed by atoms with Crippen molar-refractivity contribution >= 4 is 0 Å². The summed E-state index contributed by atoms with van der Waals surface area (Å²) in [6.07, 6.45) is -23.4. The Morgan fingerprint density at radius 1 is 0.703 bits per heavy atom. The van der Waals surface area contributed by atoms with E-state index in [0.29, 0.717) is 25.7 Å². The molecule has 0 aromatic carbocycles. The summed E-state index contributed by atoms with van der Waals surface area (Å²) in [5.74, 6) is -2.53. The van der Waals surface area contributed by atoms with E-state index in [1.54, 1.807) is 0 Å². The molecule has 0 unspecified atom stereocenters. The monoisotopic (exact) mass is 918 g/mol. The third-order valence-corrected chi connectivity index (χ3v) is 17.7. The maximum absolute atomic E-state index is 12.5. The highest BCUT2D eigenvalue weighted by Crippen LogP contribution is 2.71. The molecule has 9 aliphatic rings. The van der Waals surface area contributed by atoms with Gasteiger partial charge in [-0.3, -0.25) is 0 Å². The predicted octanol–water partition coefficient (Wildman–Crippen LogP) is -3.26. The van der Waals surface area contributed by atoms with Crippen LogP contribution in [0.3, 0.4) is 0 Å². The molecule has 5 heterocycles. The van der Waals surface area contributed by atoms with Crippen LogP contribution in [-0.2, 0) is 37.9 Å². The van der Waals surface area contributed by atoms with Crippen molar-refractivity contribution in [1.82, 2.24) is 0 Å². The standard InChI is InChI=1S/C44H70O20/c1-15-13-58-44(38(56)29(15)49)16(2)28-24(64-44)10-21-20-7-6-18-8-19(46)9-27(42(18,4)22(20)11-26(48)43(21,28)5)61-41-37(63-40-35(55)33(53)30(50)17(3)59-40)36(32(52)25(12-45)60-41)62-39-34(54)31(51)23(47)14-57-39/h6,15-17,19-41,45-56H,7-14H2,1-5H3/t15-,16+,17+,19-,20+,21+,22+,23-,24+,25-,26-,27-,28+,29+,30+,31+,32-,33-,34-,35-,36+,37-,38+,39+,40+,41+,42+,43-,44+/m1/s1. The fourth-order valence-corrected chi connectivity index (χ4v) is 13.9. The molecule has 0 aromatic rings.